The number of nitrogens with one attached hydrogen (secondary N) is 2. The van der Waals surface area contributed by atoms with Gasteiger partial charge in [-0.15, -0.1) is 0 Å². The van der Waals surface area contributed by atoms with Crippen LogP contribution in [0.2, 0.25) is 0 Å². The molecule has 7 heteroatoms. The Morgan fingerprint density at radius 3 is 2.90 bits per heavy atom. The number of carbonyl (C=O) groups excluding carboxylic acids is 1. The molecule has 4 nitrogen and oxygen atoms in total. The summed E-state index contributed by atoms with van der Waals surface area (Å²) in [5.74, 6) is -0.303. The average Bonchev–Trinajstić information content (AvgIpc) is 2.41. The minimum absolute atomic E-state index is 0.164. The van der Waals surface area contributed by atoms with Gasteiger partial charge in [0, 0.05) is 31.4 Å². The van der Waals surface area contributed by atoms with Gasteiger partial charge in [-0.1, -0.05) is 6.07 Å². The van der Waals surface area contributed by atoms with E-state index in [0.717, 1.165) is 31.8 Å². The normalized spacial score (nSPS) is 20.3. The number of carbonyl (C=O) groups is 1. The van der Waals surface area contributed by atoms with Gasteiger partial charge in [-0.05, 0) is 25.1 Å². The third kappa shape index (κ3) is 4.44. The Morgan fingerprint density at radius 1 is 1.48 bits per heavy atom. The van der Waals surface area contributed by atoms with E-state index in [2.05, 4.69) is 10.6 Å². The first-order chi connectivity index (χ1) is 9.86. The van der Waals surface area contributed by atoms with Crippen LogP contribution in [0.1, 0.15) is 12.5 Å². The van der Waals surface area contributed by atoms with Crippen LogP contribution in [0.5, 0.6) is 0 Å². The summed E-state index contributed by atoms with van der Waals surface area (Å²) in [5.41, 5.74) is -0.603. The quantitative estimate of drug-likeness (QED) is 0.897. The Morgan fingerprint density at radius 2 is 2.24 bits per heavy atom. The third-order valence-corrected chi connectivity index (χ3v) is 3.46. The fraction of sp³-hybridized carbons (Fsp3) is 0.500. The van der Waals surface area contributed by atoms with Crippen LogP contribution in [0.4, 0.5) is 18.9 Å². The van der Waals surface area contributed by atoms with Gasteiger partial charge in [0.05, 0.1) is 12.1 Å². The van der Waals surface area contributed by atoms with Gasteiger partial charge in [-0.3, -0.25) is 9.69 Å². The second-order valence-corrected chi connectivity index (χ2v) is 5.15. The van der Waals surface area contributed by atoms with Crippen molar-refractivity contribution in [3.05, 3.63) is 29.8 Å². The summed E-state index contributed by atoms with van der Waals surface area (Å²) in [6.07, 6.45) is -4.41. The van der Waals surface area contributed by atoms with Crippen molar-refractivity contribution in [1.29, 1.82) is 0 Å². The predicted octanol–water partition coefficient (Wildman–Crippen LogP) is 1.94. The van der Waals surface area contributed by atoms with E-state index in [1.54, 1.807) is 0 Å². The molecule has 1 aliphatic heterocycles. The van der Waals surface area contributed by atoms with Crippen LogP contribution in [-0.4, -0.2) is 43.0 Å². The number of rotatable bonds is 3. The van der Waals surface area contributed by atoms with Crippen LogP contribution < -0.4 is 10.6 Å². The van der Waals surface area contributed by atoms with Crippen molar-refractivity contribution >= 4 is 11.6 Å². The molecule has 21 heavy (non-hydrogen) atoms. The van der Waals surface area contributed by atoms with Gasteiger partial charge in [0.2, 0.25) is 5.91 Å². The third-order valence-electron chi connectivity index (χ3n) is 3.46. The number of halogens is 3. The summed E-state index contributed by atoms with van der Waals surface area (Å²) in [5, 5.41) is 5.73. The largest absolute Gasteiger partial charge is 0.416 e. The summed E-state index contributed by atoms with van der Waals surface area (Å²) in [6.45, 7) is 4.54. The number of nitrogens with zero attached hydrogens (tertiary/aromatic N) is 1. The molecule has 1 heterocycles. The van der Waals surface area contributed by atoms with Crippen LogP contribution in [0.3, 0.4) is 0 Å². The highest BCUT2D eigenvalue weighted by molar-refractivity contribution is 5.92. The Balaban J connectivity index is 1.96. The zero-order valence-electron chi connectivity index (χ0n) is 11.7. The molecule has 2 rings (SSSR count). The first-order valence-electron chi connectivity index (χ1n) is 6.78. The molecule has 0 aliphatic carbocycles. The molecule has 1 atom stereocenters. The maximum absolute atomic E-state index is 12.6. The van der Waals surface area contributed by atoms with Crippen molar-refractivity contribution in [2.24, 2.45) is 0 Å². The lowest BCUT2D eigenvalue weighted by Crippen LogP contribution is -2.51. The lowest BCUT2D eigenvalue weighted by molar-refractivity contribution is -0.137. The van der Waals surface area contributed by atoms with Crippen molar-refractivity contribution in [3.8, 4) is 0 Å². The molecule has 1 aromatic rings. The maximum atomic E-state index is 12.6. The van der Waals surface area contributed by atoms with Crippen LogP contribution in [0.25, 0.3) is 0 Å². The number of piperazine rings is 1. The minimum Gasteiger partial charge on any atom is -0.325 e. The Hall–Kier alpha value is -1.60. The highest BCUT2D eigenvalue weighted by Crippen LogP contribution is 2.30. The van der Waals surface area contributed by atoms with Crippen LogP contribution in [0, 0.1) is 0 Å². The molecule has 1 amide bonds. The fourth-order valence-electron chi connectivity index (χ4n) is 2.28. The molecule has 1 fully saturated rings. The lowest BCUT2D eigenvalue weighted by atomic mass is 10.2. The van der Waals surface area contributed by atoms with Crippen molar-refractivity contribution in [2.75, 3.05) is 31.5 Å². The highest BCUT2D eigenvalue weighted by Gasteiger charge is 2.30. The van der Waals surface area contributed by atoms with E-state index in [1.165, 1.54) is 12.1 Å². The van der Waals surface area contributed by atoms with Crippen LogP contribution >= 0.6 is 0 Å². The Labute approximate surface area is 121 Å². The van der Waals surface area contributed by atoms with Crippen LogP contribution in [0.15, 0.2) is 24.3 Å². The lowest BCUT2D eigenvalue weighted by Gasteiger charge is -2.33. The van der Waals surface area contributed by atoms with E-state index >= 15 is 0 Å². The fourth-order valence-corrected chi connectivity index (χ4v) is 2.28. The summed E-state index contributed by atoms with van der Waals surface area (Å²) < 4.78 is 37.8. The zero-order valence-corrected chi connectivity index (χ0v) is 11.7. The van der Waals surface area contributed by atoms with Gasteiger partial charge in [-0.2, -0.15) is 13.2 Å². The smallest absolute Gasteiger partial charge is 0.325 e. The summed E-state index contributed by atoms with van der Waals surface area (Å²) in [7, 11) is 0. The summed E-state index contributed by atoms with van der Waals surface area (Å²) in [4.78, 5) is 13.9. The van der Waals surface area contributed by atoms with Crippen molar-refractivity contribution in [3.63, 3.8) is 0 Å². The topological polar surface area (TPSA) is 44.4 Å². The summed E-state index contributed by atoms with van der Waals surface area (Å²) in [6, 6.07) is 4.89. The molecule has 0 saturated carbocycles. The maximum Gasteiger partial charge on any atom is 0.416 e. The molecule has 0 unspecified atom stereocenters. The highest BCUT2D eigenvalue weighted by atomic mass is 19.4. The van der Waals surface area contributed by atoms with Crippen molar-refractivity contribution in [2.45, 2.75) is 19.1 Å². The number of hydrogen-bond donors (Lipinski definition) is 2. The number of anilines is 1. The summed E-state index contributed by atoms with van der Waals surface area (Å²) >= 11 is 0. The predicted molar refractivity (Wildman–Crippen MR) is 74.0 cm³/mol. The molecular formula is C14H18F3N3O. The van der Waals surface area contributed by atoms with Gasteiger partial charge >= 0.3 is 6.18 Å². The van der Waals surface area contributed by atoms with E-state index in [4.69, 9.17) is 0 Å². The molecule has 0 radical (unpaired) electrons. The Bertz CT molecular complexity index is 504. The minimum atomic E-state index is -4.41. The van der Waals surface area contributed by atoms with E-state index in [-0.39, 0.29) is 24.2 Å². The second kappa shape index (κ2) is 6.44. The number of hydrogen-bond acceptors (Lipinski definition) is 3. The molecule has 1 saturated heterocycles. The van der Waals surface area contributed by atoms with E-state index < -0.39 is 11.7 Å². The molecule has 1 aromatic carbocycles. The van der Waals surface area contributed by atoms with Crippen LogP contribution in [-0.2, 0) is 11.0 Å². The average molecular weight is 301 g/mol. The van der Waals surface area contributed by atoms with Gasteiger partial charge < -0.3 is 10.6 Å². The van der Waals surface area contributed by atoms with Crippen molar-refractivity contribution < 1.29 is 18.0 Å². The molecule has 116 valence electrons. The van der Waals surface area contributed by atoms with E-state index in [1.807, 2.05) is 11.8 Å². The molecular weight excluding hydrogens is 283 g/mol. The number of benzene rings is 1. The molecule has 0 aromatic heterocycles. The van der Waals surface area contributed by atoms with Crippen molar-refractivity contribution in [1.82, 2.24) is 10.2 Å². The number of alkyl halides is 3. The molecule has 0 bridgehead atoms. The van der Waals surface area contributed by atoms with Gasteiger partial charge in [0.1, 0.15) is 0 Å². The zero-order chi connectivity index (χ0) is 15.5. The Kier molecular flexibility index (Phi) is 4.84. The monoisotopic (exact) mass is 301 g/mol. The van der Waals surface area contributed by atoms with Gasteiger partial charge in [-0.25, -0.2) is 0 Å². The molecule has 0 spiro atoms. The molecule has 1 aliphatic rings. The van der Waals surface area contributed by atoms with Gasteiger partial charge in [0.15, 0.2) is 0 Å². The first-order valence-corrected chi connectivity index (χ1v) is 6.78. The standard InChI is InChI=1S/C14H18F3N3O/c1-10-8-18-5-6-20(10)9-13(21)19-12-4-2-3-11(7-12)14(15,16)17/h2-4,7,10,18H,5-6,8-9H2,1H3,(H,19,21)/t10-/m0/s1. The molecule has 2 N–H and O–H groups in total. The van der Waals surface area contributed by atoms with E-state index in [0.29, 0.717) is 0 Å². The van der Waals surface area contributed by atoms with E-state index in [9.17, 15) is 18.0 Å². The van der Waals surface area contributed by atoms with Gasteiger partial charge in [0.25, 0.3) is 0 Å². The first kappa shape index (κ1) is 15.8. The second-order valence-electron chi connectivity index (χ2n) is 5.15. The SMILES string of the molecule is C[C@H]1CNCCN1CC(=O)Nc1cccc(C(F)(F)F)c1. The number of amides is 1.